The van der Waals surface area contributed by atoms with Crippen LogP contribution in [0.3, 0.4) is 0 Å². The fourth-order valence-corrected chi connectivity index (χ4v) is 3.74. The number of amides is 1. The second-order valence-electron chi connectivity index (χ2n) is 6.42. The van der Waals surface area contributed by atoms with Gasteiger partial charge in [0.1, 0.15) is 5.76 Å². The number of aromatic nitrogens is 2. The Kier molecular flexibility index (Phi) is 5.54. The number of benzene rings is 1. The van der Waals surface area contributed by atoms with Crippen LogP contribution in [0.4, 0.5) is 16.6 Å². The maximum absolute atomic E-state index is 12.0. The van der Waals surface area contributed by atoms with Gasteiger partial charge in [0.05, 0.1) is 25.5 Å². The monoisotopic (exact) mass is 399 g/mol. The Balaban J connectivity index is 1.32. The van der Waals surface area contributed by atoms with Crippen LogP contribution >= 0.6 is 11.3 Å². The van der Waals surface area contributed by atoms with Gasteiger partial charge in [0.2, 0.25) is 5.91 Å². The van der Waals surface area contributed by atoms with Gasteiger partial charge in [0.25, 0.3) is 0 Å². The van der Waals surface area contributed by atoms with Crippen molar-refractivity contribution in [2.45, 2.75) is 6.92 Å². The van der Waals surface area contributed by atoms with Gasteiger partial charge < -0.3 is 24.8 Å². The normalized spacial score (nSPS) is 14.1. The molecule has 0 spiro atoms. The molecule has 3 heterocycles. The van der Waals surface area contributed by atoms with Gasteiger partial charge in [-0.1, -0.05) is 17.3 Å². The van der Waals surface area contributed by atoms with Gasteiger partial charge in [0, 0.05) is 35.8 Å². The summed E-state index contributed by atoms with van der Waals surface area (Å²) in [5.74, 6) is 0.879. The Morgan fingerprint density at radius 3 is 2.75 bits per heavy atom. The molecule has 0 saturated carbocycles. The van der Waals surface area contributed by atoms with E-state index in [9.17, 15) is 4.79 Å². The van der Waals surface area contributed by atoms with Crippen molar-refractivity contribution in [3.05, 3.63) is 41.5 Å². The van der Waals surface area contributed by atoms with E-state index >= 15 is 0 Å². The average Bonchev–Trinajstić information content (AvgIpc) is 3.37. The Bertz CT molecular complexity index is 931. The lowest BCUT2D eigenvalue weighted by molar-refractivity contribution is -0.114. The summed E-state index contributed by atoms with van der Waals surface area (Å²) in [6.07, 6.45) is 0. The van der Waals surface area contributed by atoms with Crippen LogP contribution in [0.15, 0.2) is 40.2 Å². The van der Waals surface area contributed by atoms with Gasteiger partial charge >= 0.3 is 0 Å². The zero-order valence-electron chi connectivity index (χ0n) is 15.5. The predicted octanol–water partition coefficient (Wildman–Crippen LogP) is 2.99. The van der Waals surface area contributed by atoms with Crippen molar-refractivity contribution in [1.29, 1.82) is 0 Å². The van der Waals surface area contributed by atoms with Crippen LogP contribution in [0.1, 0.15) is 5.76 Å². The molecule has 1 fully saturated rings. The first kappa shape index (κ1) is 18.5. The van der Waals surface area contributed by atoms with Crippen molar-refractivity contribution in [3.63, 3.8) is 0 Å². The number of nitrogens with zero attached hydrogens (tertiary/aromatic N) is 3. The molecule has 2 N–H and O–H groups in total. The van der Waals surface area contributed by atoms with Crippen LogP contribution in [0.25, 0.3) is 11.3 Å². The van der Waals surface area contributed by atoms with Gasteiger partial charge in [-0.05, 0) is 19.1 Å². The fourth-order valence-electron chi connectivity index (χ4n) is 2.85. The van der Waals surface area contributed by atoms with Crippen LogP contribution in [-0.2, 0) is 9.53 Å². The molecule has 2 aromatic heterocycles. The number of morpholine rings is 1. The van der Waals surface area contributed by atoms with E-state index in [1.54, 1.807) is 24.3 Å². The van der Waals surface area contributed by atoms with E-state index in [0.29, 0.717) is 11.6 Å². The minimum atomic E-state index is -0.188. The number of aryl methyl sites for hydroxylation is 1. The summed E-state index contributed by atoms with van der Waals surface area (Å²) in [6.45, 7) is 5.17. The van der Waals surface area contributed by atoms with Gasteiger partial charge in [-0.25, -0.2) is 4.98 Å². The second-order valence-corrected chi connectivity index (χ2v) is 7.25. The van der Waals surface area contributed by atoms with E-state index in [2.05, 4.69) is 26.1 Å². The lowest BCUT2D eigenvalue weighted by Gasteiger charge is -2.26. The lowest BCUT2D eigenvalue weighted by Crippen LogP contribution is -2.36. The minimum Gasteiger partial charge on any atom is -0.378 e. The molecule has 8 nitrogen and oxygen atoms in total. The molecule has 1 aliphatic rings. The summed E-state index contributed by atoms with van der Waals surface area (Å²) in [5.41, 5.74) is 2.86. The highest BCUT2D eigenvalue weighted by molar-refractivity contribution is 7.14. The molecule has 1 aliphatic heterocycles. The van der Waals surface area contributed by atoms with Crippen molar-refractivity contribution >= 4 is 33.9 Å². The smallest absolute Gasteiger partial charge is 0.244 e. The number of carbonyl (C=O) groups is 1. The maximum Gasteiger partial charge on any atom is 0.244 e. The van der Waals surface area contributed by atoms with Crippen LogP contribution in [0.2, 0.25) is 0 Å². The maximum atomic E-state index is 12.0. The van der Waals surface area contributed by atoms with Crippen molar-refractivity contribution in [1.82, 2.24) is 10.1 Å². The highest BCUT2D eigenvalue weighted by Crippen LogP contribution is 2.28. The zero-order valence-corrected chi connectivity index (χ0v) is 16.3. The Morgan fingerprint density at radius 1 is 1.25 bits per heavy atom. The van der Waals surface area contributed by atoms with Crippen molar-refractivity contribution in [2.75, 3.05) is 48.4 Å². The van der Waals surface area contributed by atoms with Gasteiger partial charge in [-0.3, -0.25) is 4.79 Å². The quantitative estimate of drug-likeness (QED) is 0.658. The third-order valence-corrected chi connectivity index (χ3v) is 5.20. The van der Waals surface area contributed by atoms with E-state index in [-0.39, 0.29) is 12.5 Å². The molecule has 1 amide bonds. The molecule has 0 radical (unpaired) electrons. The second kappa shape index (κ2) is 8.41. The van der Waals surface area contributed by atoms with E-state index in [4.69, 9.17) is 14.2 Å². The van der Waals surface area contributed by atoms with Gasteiger partial charge in [0.15, 0.2) is 10.9 Å². The van der Waals surface area contributed by atoms with Crippen LogP contribution in [-0.4, -0.2) is 48.9 Å². The molecule has 0 atom stereocenters. The number of thiazole rings is 1. The van der Waals surface area contributed by atoms with Crippen molar-refractivity contribution in [3.8, 4) is 11.3 Å². The van der Waals surface area contributed by atoms with E-state index < -0.39 is 0 Å². The Labute approximate surface area is 166 Å². The van der Waals surface area contributed by atoms with Crippen LogP contribution in [0, 0.1) is 6.92 Å². The molecule has 0 bridgehead atoms. The first-order valence-electron chi connectivity index (χ1n) is 9.03. The molecular formula is C19H21N5O3S. The molecule has 3 aromatic rings. The van der Waals surface area contributed by atoms with E-state index in [1.807, 2.05) is 24.3 Å². The van der Waals surface area contributed by atoms with Crippen molar-refractivity contribution < 1.29 is 14.1 Å². The first-order valence-corrected chi connectivity index (χ1v) is 9.91. The number of rotatable bonds is 6. The summed E-state index contributed by atoms with van der Waals surface area (Å²) in [6, 6.07) is 9.55. The molecule has 4 rings (SSSR count). The summed E-state index contributed by atoms with van der Waals surface area (Å²) in [4.78, 5) is 19.0. The number of ether oxygens (including phenoxy) is 1. The minimum absolute atomic E-state index is 0.142. The van der Waals surface area contributed by atoms with E-state index in [1.165, 1.54) is 0 Å². The Morgan fingerprint density at radius 2 is 2.04 bits per heavy atom. The number of carbonyl (C=O) groups excluding carboxylic acids is 1. The standard InChI is InChI=1S/C19H21N5O3S/c1-13-10-17(23-27-13)22-18(25)11-20-15-4-2-14(3-5-15)16-12-28-19(21-16)24-6-8-26-9-7-24/h2-5,10,12,20H,6-9,11H2,1H3,(H,22,23,25). The summed E-state index contributed by atoms with van der Waals surface area (Å²) < 4.78 is 10.3. The van der Waals surface area contributed by atoms with Gasteiger partial charge in [-0.2, -0.15) is 0 Å². The number of hydrogen-bond acceptors (Lipinski definition) is 8. The predicted molar refractivity (Wildman–Crippen MR) is 109 cm³/mol. The summed E-state index contributed by atoms with van der Waals surface area (Å²) in [5, 5.41) is 12.6. The van der Waals surface area contributed by atoms with Crippen LogP contribution < -0.4 is 15.5 Å². The first-order chi connectivity index (χ1) is 13.7. The molecule has 1 saturated heterocycles. The molecular weight excluding hydrogens is 378 g/mol. The zero-order chi connectivity index (χ0) is 19.3. The molecule has 0 aliphatic carbocycles. The topological polar surface area (TPSA) is 92.5 Å². The molecule has 9 heteroatoms. The highest BCUT2D eigenvalue weighted by Gasteiger charge is 2.15. The summed E-state index contributed by atoms with van der Waals surface area (Å²) in [7, 11) is 0. The lowest BCUT2D eigenvalue weighted by atomic mass is 10.1. The number of anilines is 3. The molecule has 0 unspecified atom stereocenters. The molecule has 146 valence electrons. The molecule has 28 heavy (non-hydrogen) atoms. The van der Waals surface area contributed by atoms with Crippen LogP contribution in [0.5, 0.6) is 0 Å². The number of hydrogen-bond donors (Lipinski definition) is 2. The SMILES string of the molecule is Cc1cc(NC(=O)CNc2ccc(-c3csc(N4CCOCC4)n3)cc2)no1. The average molecular weight is 399 g/mol. The number of nitrogens with one attached hydrogen (secondary N) is 2. The van der Waals surface area contributed by atoms with Crippen molar-refractivity contribution in [2.24, 2.45) is 0 Å². The fraction of sp³-hybridized carbons (Fsp3) is 0.316. The van der Waals surface area contributed by atoms with Gasteiger partial charge in [-0.15, -0.1) is 11.3 Å². The third-order valence-electron chi connectivity index (χ3n) is 4.30. The van der Waals surface area contributed by atoms with E-state index in [0.717, 1.165) is 48.4 Å². The summed E-state index contributed by atoms with van der Waals surface area (Å²) >= 11 is 1.65. The largest absolute Gasteiger partial charge is 0.378 e. The third kappa shape index (κ3) is 4.49. The Hall–Kier alpha value is -2.91. The molecule has 1 aromatic carbocycles. The highest BCUT2D eigenvalue weighted by atomic mass is 32.1.